The summed E-state index contributed by atoms with van der Waals surface area (Å²) in [5.74, 6) is 0. The van der Waals surface area contributed by atoms with Gasteiger partial charge in [-0.15, -0.1) is 0 Å². The number of hydrogen-bond acceptors (Lipinski definition) is 3. The number of ether oxygens (including phenoxy) is 3. The second kappa shape index (κ2) is 4.60. The molecule has 3 nitrogen and oxygen atoms in total. The zero-order valence-corrected chi connectivity index (χ0v) is 8.96. The summed E-state index contributed by atoms with van der Waals surface area (Å²) in [5, 5.41) is 0. The lowest BCUT2D eigenvalue weighted by Gasteiger charge is -2.40. The van der Waals surface area contributed by atoms with E-state index in [2.05, 4.69) is 6.92 Å². The first-order chi connectivity index (χ1) is 6.85. The van der Waals surface area contributed by atoms with Gasteiger partial charge in [-0.05, 0) is 19.3 Å². The molecular formula is C11H20O3. The smallest absolute Gasteiger partial charge is 0.0810 e. The second-order valence-corrected chi connectivity index (χ2v) is 4.50. The summed E-state index contributed by atoms with van der Waals surface area (Å²) in [4.78, 5) is 0. The van der Waals surface area contributed by atoms with Crippen molar-refractivity contribution >= 4 is 0 Å². The molecule has 0 aromatic carbocycles. The summed E-state index contributed by atoms with van der Waals surface area (Å²) < 4.78 is 16.0. The first-order valence-corrected chi connectivity index (χ1v) is 5.62. The first kappa shape index (κ1) is 10.4. The van der Waals surface area contributed by atoms with E-state index < -0.39 is 0 Å². The Balaban J connectivity index is 1.48. The van der Waals surface area contributed by atoms with Gasteiger partial charge in [-0.1, -0.05) is 6.92 Å². The predicted molar refractivity (Wildman–Crippen MR) is 53.3 cm³/mol. The van der Waals surface area contributed by atoms with Crippen LogP contribution in [0.3, 0.4) is 0 Å². The summed E-state index contributed by atoms with van der Waals surface area (Å²) in [7, 11) is 0. The molecule has 2 rings (SSSR count). The molecule has 0 aromatic heterocycles. The molecule has 3 heteroatoms. The maximum Gasteiger partial charge on any atom is 0.0810 e. The Hall–Kier alpha value is -0.120. The molecule has 0 N–H and O–H groups in total. The molecule has 1 atom stereocenters. The van der Waals surface area contributed by atoms with Crippen LogP contribution in [0.15, 0.2) is 0 Å². The third-order valence-corrected chi connectivity index (χ3v) is 3.19. The zero-order chi connectivity index (χ0) is 9.86. The van der Waals surface area contributed by atoms with Gasteiger partial charge in [0.25, 0.3) is 0 Å². The van der Waals surface area contributed by atoms with E-state index in [0.29, 0.717) is 11.5 Å². The van der Waals surface area contributed by atoms with E-state index in [4.69, 9.17) is 14.2 Å². The lowest BCUT2D eigenvalue weighted by Crippen LogP contribution is -2.45. The molecule has 2 heterocycles. The standard InChI is InChI=1S/C11H20O3/c1-2-11(8-13-9-11)7-12-5-3-4-10-6-14-10/h10H,2-9H2,1H3. The molecule has 82 valence electrons. The average molecular weight is 200 g/mol. The molecule has 2 saturated heterocycles. The number of epoxide rings is 1. The average Bonchev–Trinajstić information content (AvgIpc) is 2.92. The highest BCUT2D eigenvalue weighted by atomic mass is 16.6. The van der Waals surface area contributed by atoms with E-state index in [0.717, 1.165) is 45.9 Å². The van der Waals surface area contributed by atoms with Gasteiger partial charge >= 0.3 is 0 Å². The van der Waals surface area contributed by atoms with Crippen LogP contribution in [0.5, 0.6) is 0 Å². The molecule has 2 fully saturated rings. The van der Waals surface area contributed by atoms with E-state index in [1.165, 1.54) is 6.42 Å². The maximum absolute atomic E-state index is 5.67. The van der Waals surface area contributed by atoms with Crippen molar-refractivity contribution in [1.82, 2.24) is 0 Å². The molecule has 0 aliphatic carbocycles. The highest BCUT2D eigenvalue weighted by Gasteiger charge is 2.36. The van der Waals surface area contributed by atoms with Gasteiger partial charge in [0.15, 0.2) is 0 Å². The van der Waals surface area contributed by atoms with Crippen molar-refractivity contribution in [3.05, 3.63) is 0 Å². The van der Waals surface area contributed by atoms with E-state index >= 15 is 0 Å². The van der Waals surface area contributed by atoms with Crippen LogP contribution in [0.2, 0.25) is 0 Å². The summed E-state index contributed by atoms with van der Waals surface area (Å²) in [6, 6.07) is 0. The van der Waals surface area contributed by atoms with Crippen molar-refractivity contribution in [3.63, 3.8) is 0 Å². The van der Waals surface area contributed by atoms with E-state index in [1.54, 1.807) is 0 Å². The van der Waals surface area contributed by atoms with Gasteiger partial charge in [-0.2, -0.15) is 0 Å². The third kappa shape index (κ3) is 2.69. The molecule has 14 heavy (non-hydrogen) atoms. The molecule has 0 radical (unpaired) electrons. The van der Waals surface area contributed by atoms with Gasteiger partial charge in [0.1, 0.15) is 0 Å². The topological polar surface area (TPSA) is 31.0 Å². The van der Waals surface area contributed by atoms with Crippen molar-refractivity contribution in [3.8, 4) is 0 Å². The number of hydrogen-bond donors (Lipinski definition) is 0. The van der Waals surface area contributed by atoms with Crippen molar-refractivity contribution < 1.29 is 14.2 Å². The number of rotatable bonds is 7. The van der Waals surface area contributed by atoms with Crippen LogP contribution in [-0.4, -0.2) is 39.1 Å². The molecular weight excluding hydrogens is 180 g/mol. The summed E-state index contributed by atoms with van der Waals surface area (Å²) in [6.07, 6.45) is 4.01. The van der Waals surface area contributed by atoms with Crippen molar-refractivity contribution in [2.45, 2.75) is 32.3 Å². The van der Waals surface area contributed by atoms with Gasteiger partial charge < -0.3 is 14.2 Å². The fraction of sp³-hybridized carbons (Fsp3) is 1.00. The molecule has 2 aliphatic rings. The first-order valence-electron chi connectivity index (χ1n) is 5.62. The Bertz CT molecular complexity index is 168. The molecule has 0 spiro atoms. The van der Waals surface area contributed by atoms with Crippen LogP contribution in [0.25, 0.3) is 0 Å². The van der Waals surface area contributed by atoms with Gasteiger partial charge in [-0.25, -0.2) is 0 Å². The van der Waals surface area contributed by atoms with E-state index in [-0.39, 0.29) is 0 Å². The summed E-state index contributed by atoms with van der Waals surface area (Å²) >= 11 is 0. The molecule has 1 unspecified atom stereocenters. The van der Waals surface area contributed by atoms with Crippen LogP contribution in [0.4, 0.5) is 0 Å². The Morgan fingerprint density at radius 3 is 2.71 bits per heavy atom. The lowest BCUT2D eigenvalue weighted by molar-refractivity contribution is -0.150. The van der Waals surface area contributed by atoms with E-state index in [1.807, 2.05) is 0 Å². The van der Waals surface area contributed by atoms with Crippen molar-refractivity contribution in [1.29, 1.82) is 0 Å². The Morgan fingerprint density at radius 2 is 2.21 bits per heavy atom. The molecule has 0 bridgehead atoms. The van der Waals surface area contributed by atoms with Crippen LogP contribution >= 0.6 is 0 Å². The highest BCUT2D eigenvalue weighted by molar-refractivity contribution is 4.83. The highest BCUT2D eigenvalue weighted by Crippen LogP contribution is 2.31. The Labute approximate surface area is 85.7 Å². The van der Waals surface area contributed by atoms with E-state index in [9.17, 15) is 0 Å². The lowest BCUT2D eigenvalue weighted by atomic mass is 9.84. The largest absolute Gasteiger partial charge is 0.381 e. The van der Waals surface area contributed by atoms with Gasteiger partial charge in [0, 0.05) is 12.0 Å². The van der Waals surface area contributed by atoms with Gasteiger partial charge in [0.2, 0.25) is 0 Å². The predicted octanol–water partition coefficient (Wildman–Crippen LogP) is 1.61. The normalized spacial score (nSPS) is 28.5. The minimum Gasteiger partial charge on any atom is -0.381 e. The maximum atomic E-state index is 5.67. The van der Waals surface area contributed by atoms with Crippen LogP contribution in [-0.2, 0) is 14.2 Å². The third-order valence-electron chi connectivity index (χ3n) is 3.19. The Morgan fingerprint density at radius 1 is 1.43 bits per heavy atom. The van der Waals surface area contributed by atoms with Crippen molar-refractivity contribution in [2.24, 2.45) is 5.41 Å². The van der Waals surface area contributed by atoms with Crippen LogP contribution < -0.4 is 0 Å². The fourth-order valence-electron chi connectivity index (χ4n) is 1.72. The molecule has 0 aromatic rings. The zero-order valence-electron chi connectivity index (χ0n) is 8.96. The minimum absolute atomic E-state index is 0.343. The summed E-state index contributed by atoms with van der Waals surface area (Å²) in [5.41, 5.74) is 0.343. The van der Waals surface area contributed by atoms with Gasteiger partial charge in [0.05, 0.1) is 32.5 Å². The minimum atomic E-state index is 0.343. The molecule has 2 aliphatic heterocycles. The summed E-state index contributed by atoms with van der Waals surface area (Å²) in [6.45, 7) is 6.69. The SMILES string of the molecule is CCC1(COCCCC2CO2)COC1. The quantitative estimate of drug-likeness (QED) is 0.462. The second-order valence-electron chi connectivity index (χ2n) is 4.50. The fourth-order valence-corrected chi connectivity index (χ4v) is 1.72. The monoisotopic (exact) mass is 200 g/mol. The van der Waals surface area contributed by atoms with Gasteiger partial charge in [-0.3, -0.25) is 0 Å². The van der Waals surface area contributed by atoms with Crippen molar-refractivity contribution in [2.75, 3.05) is 33.0 Å². The molecule has 0 saturated carbocycles. The Kier molecular flexibility index (Phi) is 3.42. The van der Waals surface area contributed by atoms with Crippen LogP contribution in [0.1, 0.15) is 26.2 Å². The van der Waals surface area contributed by atoms with Crippen LogP contribution in [0, 0.1) is 5.41 Å². The molecule has 0 amide bonds.